The number of nitrogens with zero attached hydrogens (tertiary/aromatic N) is 3. The predicted molar refractivity (Wildman–Crippen MR) is 115 cm³/mol. The summed E-state index contributed by atoms with van der Waals surface area (Å²) in [5.74, 6) is 0. The van der Waals surface area contributed by atoms with Gasteiger partial charge in [-0.2, -0.15) is 5.10 Å². The van der Waals surface area contributed by atoms with Crippen LogP contribution in [0.15, 0.2) is 61.2 Å². The van der Waals surface area contributed by atoms with Crippen LogP contribution in [-0.2, 0) is 28.2 Å². The first-order valence-corrected chi connectivity index (χ1v) is 10.4. The Morgan fingerprint density at radius 1 is 1.10 bits per heavy atom. The van der Waals surface area contributed by atoms with Crippen LogP contribution in [0.1, 0.15) is 30.9 Å². The van der Waals surface area contributed by atoms with E-state index < -0.39 is 5.60 Å². The van der Waals surface area contributed by atoms with Crippen molar-refractivity contribution in [3.63, 3.8) is 0 Å². The van der Waals surface area contributed by atoms with Gasteiger partial charge in [-0.25, -0.2) is 9.67 Å². The topological polar surface area (TPSA) is 49.2 Å². The molecule has 3 aromatic rings. The molecule has 154 valence electrons. The van der Waals surface area contributed by atoms with Crippen LogP contribution in [0.2, 0.25) is 10.0 Å². The molecule has 2 aromatic carbocycles. The number of hydrogen-bond acceptors (Lipinski definition) is 4. The quantitative estimate of drug-likeness (QED) is 0.373. The van der Waals surface area contributed by atoms with Crippen LogP contribution < -0.4 is 0 Å². The highest BCUT2D eigenvalue weighted by Crippen LogP contribution is 2.36. The highest BCUT2D eigenvalue weighted by molar-refractivity contribution is 6.35. The van der Waals surface area contributed by atoms with Crippen molar-refractivity contribution >= 4 is 23.2 Å². The molecule has 1 atom stereocenters. The van der Waals surface area contributed by atoms with Crippen molar-refractivity contribution in [2.45, 2.75) is 38.5 Å². The van der Waals surface area contributed by atoms with Crippen LogP contribution in [0.3, 0.4) is 0 Å². The van der Waals surface area contributed by atoms with Crippen molar-refractivity contribution < 1.29 is 9.47 Å². The first-order chi connectivity index (χ1) is 14.1. The molecular weight excluding hydrogens is 409 g/mol. The molecule has 1 aromatic heterocycles. The lowest BCUT2D eigenvalue weighted by Gasteiger charge is -2.35. The lowest BCUT2D eigenvalue weighted by molar-refractivity contribution is -0.124. The average molecular weight is 434 g/mol. The Morgan fingerprint density at radius 2 is 1.93 bits per heavy atom. The van der Waals surface area contributed by atoms with Gasteiger partial charge in [-0.1, -0.05) is 72.9 Å². The molecule has 0 aliphatic heterocycles. The van der Waals surface area contributed by atoms with Crippen molar-refractivity contribution in [1.29, 1.82) is 0 Å². The third-order valence-corrected chi connectivity index (χ3v) is 5.19. The Hall–Kier alpha value is -1.92. The molecule has 1 heterocycles. The molecule has 1 unspecified atom stereocenters. The molecule has 3 rings (SSSR count). The van der Waals surface area contributed by atoms with Gasteiger partial charge in [-0.05, 0) is 24.1 Å². The van der Waals surface area contributed by atoms with E-state index in [9.17, 15) is 0 Å². The van der Waals surface area contributed by atoms with Crippen LogP contribution in [0.25, 0.3) is 0 Å². The molecule has 7 heteroatoms. The summed E-state index contributed by atoms with van der Waals surface area (Å²) >= 11 is 12.8. The Bertz CT molecular complexity index is 875. The Morgan fingerprint density at radius 3 is 2.62 bits per heavy atom. The Kier molecular flexibility index (Phi) is 8.07. The summed E-state index contributed by atoms with van der Waals surface area (Å²) in [6, 6.07) is 15.5. The minimum absolute atomic E-state index is 0.334. The number of hydrogen-bond donors (Lipinski definition) is 0. The summed E-state index contributed by atoms with van der Waals surface area (Å²) in [5.41, 5.74) is 1.03. The van der Waals surface area contributed by atoms with Gasteiger partial charge in [0.1, 0.15) is 18.3 Å². The fraction of sp³-hybridized carbons (Fsp3) is 0.364. The number of halogens is 2. The molecule has 0 saturated heterocycles. The van der Waals surface area contributed by atoms with Gasteiger partial charge in [0.05, 0.1) is 19.8 Å². The van der Waals surface area contributed by atoms with E-state index >= 15 is 0 Å². The van der Waals surface area contributed by atoms with Gasteiger partial charge in [0, 0.05) is 22.2 Å². The van der Waals surface area contributed by atoms with E-state index in [1.807, 2.05) is 42.5 Å². The monoisotopic (exact) mass is 433 g/mol. The summed E-state index contributed by atoms with van der Waals surface area (Å²) in [6.07, 6.45) is 5.20. The normalized spacial score (nSPS) is 13.3. The fourth-order valence-corrected chi connectivity index (χ4v) is 3.67. The maximum Gasteiger partial charge on any atom is 0.138 e. The maximum atomic E-state index is 6.61. The molecule has 0 saturated carbocycles. The summed E-state index contributed by atoms with van der Waals surface area (Å²) in [5, 5.41) is 5.38. The van der Waals surface area contributed by atoms with Gasteiger partial charge in [-0.3, -0.25) is 0 Å². The summed E-state index contributed by atoms with van der Waals surface area (Å²) in [7, 11) is 0. The number of aromatic nitrogens is 3. The van der Waals surface area contributed by atoms with Crippen molar-refractivity contribution in [2.24, 2.45) is 0 Å². The number of ether oxygens (including phenoxy) is 2. The molecule has 0 spiro atoms. The first-order valence-electron chi connectivity index (χ1n) is 9.66. The van der Waals surface area contributed by atoms with E-state index in [-0.39, 0.29) is 0 Å². The summed E-state index contributed by atoms with van der Waals surface area (Å²) < 4.78 is 14.3. The van der Waals surface area contributed by atoms with Gasteiger partial charge in [0.15, 0.2) is 0 Å². The van der Waals surface area contributed by atoms with Crippen molar-refractivity contribution in [3.05, 3.63) is 82.4 Å². The molecule has 0 aliphatic rings. The molecule has 29 heavy (non-hydrogen) atoms. The SMILES string of the molecule is CCCCOCC(Cn1cncn1)(OCc1ccccc1)c1ccc(Cl)cc1Cl. The van der Waals surface area contributed by atoms with Gasteiger partial charge in [0.25, 0.3) is 0 Å². The van der Waals surface area contributed by atoms with Crippen LogP contribution in [0.4, 0.5) is 0 Å². The Labute approximate surface area is 181 Å². The molecule has 0 radical (unpaired) electrons. The highest BCUT2D eigenvalue weighted by Gasteiger charge is 2.37. The van der Waals surface area contributed by atoms with Crippen LogP contribution in [-0.4, -0.2) is 28.0 Å². The molecule has 0 bridgehead atoms. The van der Waals surface area contributed by atoms with Crippen LogP contribution in [0, 0.1) is 0 Å². The van der Waals surface area contributed by atoms with Crippen molar-refractivity contribution in [1.82, 2.24) is 14.8 Å². The van der Waals surface area contributed by atoms with E-state index in [0.29, 0.717) is 36.4 Å². The number of rotatable bonds is 11. The maximum absolute atomic E-state index is 6.61. The largest absolute Gasteiger partial charge is 0.378 e. The zero-order chi connectivity index (χ0) is 20.5. The van der Waals surface area contributed by atoms with Crippen LogP contribution in [0.5, 0.6) is 0 Å². The molecule has 0 N–H and O–H groups in total. The van der Waals surface area contributed by atoms with E-state index in [1.165, 1.54) is 6.33 Å². The third kappa shape index (κ3) is 6.03. The molecule has 0 fully saturated rings. The minimum Gasteiger partial charge on any atom is -0.378 e. The standard InChI is InChI=1S/C22H25Cl2N3O2/c1-2-3-11-28-15-22(14-27-17-25-16-26-27,20-10-9-19(23)12-21(20)24)29-13-18-7-5-4-6-8-18/h4-10,12,16-17H,2-3,11,13-15H2,1H3. The minimum atomic E-state index is -0.848. The van der Waals surface area contributed by atoms with Gasteiger partial charge in [0.2, 0.25) is 0 Å². The Balaban J connectivity index is 1.95. The summed E-state index contributed by atoms with van der Waals surface area (Å²) in [6.45, 7) is 3.93. The molecule has 0 aliphatic carbocycles. The van der Waals surface area contributed by atoms with E-state index in [0.717, 1.165) is 24.0 Å². The van der Waals surface area contributed by atoms with Crippen molar-refractivity contribution in [2.75, 3.05) is 13.2 Å². The lowest BCUT2D eigenvalue weighted by atomic mass is 9.93. The zero-order valence-electron chi connectivity index (χ0n) is 16.4. The second-order valence-corrected chi connectivity index (χ2v) is 7.74. The zero-order valence-corrected chi connectivity index (χ0v) is 17.9. The third-order valence-electron chi connectivity index (χ3n) is 4.64. The van der Waals surface area contributed by atoms with E-state index in [2.05, 4.69) is 17.0 Å². The lowest BCUT2D eigenvalue weighted by Crippen LogP contribution is -2.40. The predicted octanol–water partition coefficient (Wildman–Crippen LogP) is 5.51. The van der Waals surface area contributed by atoms with Gasteiger partial charge in [-0.15, -0.1) is 0 Å². The van der Waals surface area contributed by atoms with E-state index in [4.69, 9.17) is 32.7 Å². The highest BCUT2D eigenvalue weighted by atomic mass is 35.5. The second kappa shape index (κ2) is 10.7. The van der Waals surface area contributed by atoms with Gasteiger partial charge >= 0.3 is 0 Å². The second-order valence-electron chi connectivity index (χ2n) is 6.89. The molecule has 5 nitrogen and oxygen atoms in total. The van der Waals surface area contributed by atoms with Crippen molar-refractivity contribution in [3.8, 4) is 0 Å². The number of unbranched alkanes of at least 4 members (excludes halogenated alkanes) is 1. The summed E-state index contributed by atoms with van der Waals surface area (Å²) in [4.78, 5) is 4.07. The van der Waals surface area contributed by atoms with Gasteiger partial charge < -0.3 is 9.47 Å². The fourth-order valence-electron chi connectivity index (χ4n) is 3.09. The van der Waals surface area contributed by atoms with Crippen LogP contribution >= 0.6 is 23.2 Å². The smallest absolute Gasteiger partial charge is 0.138 e. The number of benzene rings is 2. The first kappa shape index (κ1) is 21.8. The molecular formula is C22H25Cl2N3O2. The molecule has 0 amide bonds. The average Bonchev–Trinajstić information content (AvgIpc) is 3.23. The van der Waals surface area contributed by atoms with E-state index in [1.54, 1.807) is 17.1 Å².